The Morgan fingerprint density at radius 3 is 2.74 bits per heavy atom. The van der Waals surface area contributed by atoms with Gasteiger partial charge in [-0.2, -0.15) is 0 Å². The molecule has 0 saturated carbocycles. The second kappa shape index (κ2) is 7.30. The summed E-state index contributed by atoms with van der Waals surface area (Å²) in [6.45, 7) is 2.78. The fourth-order valence-electron chi connectivity index (χ4n) is 3.00. The average molecular weight is 322 g/mol. The molecular weight excluding hydrogens is 300 g/mol. The van der Waals surface area contributed by atoms with Gasteiger partial charge < -0.3 is 19.7 Å². The lowest BCUT2D eigenvalue weighted by molar-refractivity contribution is -0.137. The highest BCUT2D eigenvalue weighted by Crippen LogP contribution is 2.21. The van der Waals surface area contributed by atoms with Crippen LogP contribution < -0.4 is 5.56 Å². The first-order valence-electron chi connectivity index (χ1n) is 7.77. The number of aromatic nitrogens is 1. The maximum absolute atomic E-state index is 12.4. The molecule has 2 N–H and O–H groups in total. The number of aryl methyl sites for hydroxylation is 1. The van der Waals surface area contributed by atoms with E-state index in [0.29, 0.717) is 25.2 Å². The van der Waals surface area contributed by atoms with Crippen LogP contribution >= 0.6 is 0 Å². The molecule has 7 nitrogen and oxygen atoms in total. The lowest BCUT2D eigenvalue weighted by atomic mass is 9.93. The molecule has 7 heteroatoms. The van der Waals surface area contributed by atoms with Gasteiger partial charge in [0.2, 0.25) is 5.91 Å². The molecule has 2 rings (SSSR count). The van der Waals surface area contributed by atoms with Gasteiger partial charge in [0, 0.05) is 31.3 Å². The number of amides is 1. The van der Waals surface area contributed by atoms with Crippen molar-refractivity contribution in [1.82, 2.24) is 9.47 Å². The minimum Gasteiger partial charge on any atom is -0.508 e. The molecule has 1 fully saturated rings. The van der Waals surface area contributed by atoms with Crippen LogP contribution in [0, 0.1) is 12.8 Å². The minimum absolute atomic E-state index is 0.0589. The molecule has 0 radical (unpaired) electrons. The number of piperidine rings is 1. The number of nitrogens with zero attached hydrogens (tertiary/aromatic N) is 2. The van der Waals surface area contributed by atoms with Crippen LogP contribution in [0.5, 0.6) is 5.75 Å². The van der Waals surface area contributed by atoms with Crippen LogP contribution in [0.25, 0.3) is 0 Å². The number of hydrogen-bond donors (Lipinski definition) is 2. The number of aliphatic carboxylic acids is 1. The maximum Gasteiger partial charge on any atom is 0.303 e. The molecule has 0 spiro atoms. The van der Waals surface area contributed by atoms with Crippen molar-refractivity contribution >= 4 is 11.9 Å². The summed E-state index contributed by atoms with van der Waals surface area (Å²) in [5.41, 5.74) is 0.123. The Morgan fingerprint density at radius 1 is 1.35 bits per heavy atom. The smallest absolute Gasteiger partial charge is 0.303 e. The highest BCUT2D eigenvalue weighted by atomic mass is 16.4. The van der Waals surface area contributed by atoms with Gasteiger partial charge in [-0.3, -0.25) is 14.4 Å². The van der Waals surface area contributed by atoms with Crippen LogP contribution in [0.3, 0.4) is 0 Å². The van der Waals surface area contributed by atoms with Crippen molar-refractivity contribution < 1.29 is 19.8 Å². The van der Waals surface area contributed by atoms with Gasteiger partial charge in [0.05, 0.1) is 0 Å². The van der Waals surface area contributed by atoms with Crippen LogP contribution in [0.1, 0.15) is 31.4 Å². The molecule has 1 aliphatic rings. The van der Waals surface area contributed by atoms with E-state index < -0.39 is 11.5 Å². The first-order chi connectivity index (χ1) is 10.9. The van der Waals surface area contributed by atoms with E-state index in [1.54, 1.807) is 11.8 Å². The highest BCUT2D eigenvalue weighted by molar-refractivity contribution is 5.76. The molecule has 23 heavy (non-hydrogen) atoms. The molecular formula is C16H22N2O5. The molecule has 1 aliphatic heterocycles. The van der Waals surface area contributed by atoms with Crippen molar-refractivity contribution in [3.05, 3.63) is 28.2 Å². The summed E-state index contributed by atoms with van der Waals surface area (Å²) < 4.78 is 1.34. The molecule has 1 amide bonds. The third-order valence-electron chi connectivity index (χ3n) is 4.25. The molecule has 0 aromatic carbocycles. The number of carbonyl (C=O) groups excluding carboxylic acids is 1. The molecule has 1 aromatic heterocycles. The van der Waals surface area contributed by atoms with E-state index in [2.05, 4.69) is 0 Å². The van der Waals surface area contributed by atoms with E-state index in [1.807, 2.05) is 0 Å². The molecule has 0 bridgehead atoms. The summed E-state index contributed by atoms with van der Waals surface area (Å²) >= 11 is 0. The third kappa shape index (κ3) is 4.58. The number of hydrogen-bond acceptors (Lipinski definition) is 4. The van der Waals surface area contributed by atoms with E-state index in [1.165, 1.54) is 10.6 Å². The van der Waals surface area contributed by atoms with Crippen molar-refractivity contribution in [2.45, 2.75) is 39.2 Å². The predicted molar refractivity (Wildman–Crippen MR) is 83.3 cm³/mol. The number of likely N-dealkylation sites (tertiary alicyclic amines) is 1. The number of rotatable bonds is 5. The van der Waals surface area contributed by atoms with Gasteiger partial charge in [0.25, 0.3) is 5.56 Å². The van der Waals surface area contributed by atoms with Crippen molar-refractivity contribution in [2.24, 2.45) is 5.92 Å². The summed E-state index contributed by atoms with van der Waals surface area (Å²) in [5, 5.41) is 18.1. The van der Waals surface area contributed by atoms with Gasteiger partial charge in [-0.25, -0.2) is 0 Å². The predicted octanol–water partition coefficient (Wildman–Crippen LogP) is 0.966. The zero-order valence-corrected chi connectivity index (χ0v) is 13.2. The second-order valence-corrected chi connectivity index (χ2v) is 6.06. The standard InChI is InChI=1S/C16H22N2O5/c1-11-7-13(19)8-14(20)18(11)10-15(21)17-6-2-3-12(9-17)4-5-16(22)23/h7-8,12,19H,2-6,9-10H2,1H3,(H,22,23). The fraction of sp³-hybridized carbons (Fsp3) is 0.562. The number of carboxylic acid groups (broad SMARTS) is 1. The van der Waals surface area contributed by atoms with E-state index >= 15 is 0 Å². The Bertz CT molecular complexity index is 652. The van der Waals surface area contributed by atoms with Crippen molar-refractivity contribution in [3.8, 4) is 5.75 Å². The van der Waals surface area contributed by atoms with Gasteiger partial charge in [-0.1, -0.05) is 0 Å². The minimum atomic E-state index is -0.820. The normalized spacial score (nSPS) is 18.0. The first kappa shape index (κ1) is 17.1. The second-order valence-electron chi connectivity index (χ2n) is 6.06. The molecule has 1 aromatic rings. The quantitative estimate of drug-likeness (QED) is 0.841. The maximum atomic E-state index is 12.4. The van der Waals surface area contributed by atoms with Gasteiger partial charge in [0.15, 0.2) is 0 Å². The number of aromatic hydroxyl groups is 1. The summed E-state index contributed by atoms with van der Waals surface area (Å²) in [6.07, 6.45) is 2.45. The Morgan fingerprint density at radius 2 is 2.09 bits per heavy atom. The van der Waals surface area contributed by atoms with Gasteiger partial charge >= 0.3 is 5.97 Å². The van der Waals surface area contributed by atoms with E-state index in [9.17, 15) is 19.5 Å². The lowest BCUT2D eigenvalue weighted by Gasteiger charge is -2.33. The topological polar surface area (TPSA) is 99.8 Å². The van der Waals surface area contributed by atoms with Crippen LogP contribution in [-0.4, -0.2) is 44.6 Å². The molecule has 2 heterocycles. The van der Waals surface area contributed by atoms with Crippen molar-refractivity contribution in [2.75, 3.05) is 13.1 Å². The largest absolute Gasteiger partial charge is 0.508 e. The van der Waals surface area contributed by atoms with E-state index in [0.717, 1.165) is 18.9 Å². The number of carbonyl (C=O) groups is 2. The zero-order valence-electron chi connectivity index (χ0n) is 13.2. The van der Waals surface area contributed by atoms with Crippen LogP contribution in [-0.2, 0) is 16.1 Å². The average Bonchev–Trinajstić information content (AvgIpc) is 2.49. The number of pyridine rings is 1. The highest BCUT2D eigenvalue weighted by Gasteiger charge is 2.24. The SMILES string of the molecule is Cc1cc(O)cc(=O)n1CC(=O)N1CCCC(CCC(=O)O)C1. The van der Waals surface area contributed by atoms with Crippen molar-refractivity contribution in [1.29, 1.82) is 0 Å². The van der Waals surface area contributed by atoms with Crippen LogP contribution in [0.15, 0.2) is 16.9 Å². The van der Waals surface area contributed by atoms with Gasteiger partial charge in [-0.05, 0) is 38.2 Å². The molecule has 1 saturated heterocycles. The lowest BCUT2D eigenvalue weighted by Crippen LogP contribution is -2.43. The summed E-state index contributed by atoms with van der Waals surface area (Å²) in [7, 11) is 0. The fourth-order valence-corrected chi connectivity index (χ4v) is 3.00. The van der Waals surface area contributed by atoms with E-state index in [-0.39, 0.29) is 30.5 Å². The first-order valence-corrected chi connectivity index (χ1v) is 7.77. The zero-order chi connectivity index (χ0) is 17.0. The monoisotopic (exact) mass is 322 g/mol. The molecule has 126 valence electrons. The van der Waals surface area contributed by atoms with Gasteiger partial charge in [-0.15, -0.1) is 0 Å². The van der Waals surface area contributed by atoms with Crippen LogP contribution in [0.2, 0.25) is 0 Å². The summed E-state index contributed by atoms with van der Waals surface area (Å²) in [4.78, 5) is 36.7. The molecule has 0 aliphatic carbocycles. The summed E-state index contributed by atoms with van der Waals surface area (Å²) in [6, 6.07) is 2.53. The Hall–Kier alpha value is -2.31. The van der Waals surface area contributed by atoms with Crippen molar-refractivity contribution in [3.63, 3.8) is 0 Å². The summed E-state index contributed by atoms with van der Waals surface area (Å²) in [5.74, 6) is -0.884. The van der Waals surface area contributed by atoms with Crippen LogP contribution in [0.4, 0.5) is 0 Å². The molecule has 1 atom stereocenters. The molecule has 1 unspecified atom stereocenters. The Kier molecular flexibility index (Phi) is 5.41. The van der Waals surface area contributed by atoms with E-state index in [4.69, 9.17) is 5.11 Å². The Labute approximate surface area is 134 Å². The van der Waals surface area contributed by atoms with Gasteiger partial charge in [0.1, 0.15) is 12.3 Å². The number of carboxylic acids is 1. The Balaban J connectivity index is 2.00. The third-order valence-corrected chi connectivity index (χ3v) is 4.25.